The second-order valence-electron chi connectivity index (χ2n) is 3.97. The second-order valence-corrected chi connectivity index (χ2v) is 5.23. The zero-order valence-corrected chi connectivity index (χ0v) is 12.3. The van der Waals surface area contributed by atoms with Gasteiger partial charge >= 0.3 is 0 Å². The third-order valence-electron chi connectivity index (χ3n) is 2.65. The Morgan fingerprint density at radius 1 is 1.26 bits per heavy atom. The van der Waals surface area contributed by atoms with Crippen LogP contribution in [0.25, 0.3) is 0 Å². The normalized spacial score (nSPS) is 10.5. The Kier molecular flexibility index (Phi) is 4.80. The summed E-state index contributed by atoms with van der Waals surface area (Å²) in [5.74, 6) is 0.190. The van der Waals surface area contributed by atoms with Gasteiger partial charge in [-0.3, -0.25) is 0 Å². The molecule has 0 radical (unpaired) electrons. The summed E-state index contributed by atoms with van der Waals surface area (Å²) in [6, 6.07) is 10.4. The Morgan fingerprint density at radius 3 is 2.74 bits per heavy atom. The molecule has 0 aliphatic carbocycles. The summed E-state index contributed by atoms with van der Waals surface area (Å²) in [6.07, 6.45) is 0. The van der Waals surface area contributed by atoms with Crippen LogP contribution in [0, 0.1) is 5.82 Å². The summed E-state index contributed by atoms with van der Waals surface area (Å²) in [4.78, 5) is 0. The monoisotopic (exact) mass is 343 g/mol. The van der Waals surface area contributed by atoms with Gasteiger partial charge in [-0.05, 0) is 39.7 Å². The average Bonchev–Trinajstić information content (AvgIpc) is 2.41. The average molecular weight is 345 g/mol. The first kappa shape index (κ1) is 14.3. The minimum absolute atomic E-state index is 0.0960. The molecule has 0 unspecified atom stereocenters. The highest BCUT2D eigenvalue weighted by molar-refractivity contribution is 9.10. The molecule has 0 spiro atoms. The summed E-state index contributed by atoms with van der Waals surface area (Å²) < 4.78 is 20.0. The zero-order valence-electron chi connectivity index (χ0n) is 10.00. The Morgan fingerprint density at radius 2 is 2.05 bits per heavy atom. The van der Waals surface area contributed by atoms with E-state index in [9.17, 15) is 4.39 Å². The molecule has 0 fully saturated rings. The van der Waals surface area contributed by atoms with Crippen LogP contribution in [0.4, 0.5) is 4.39 Å². The van der Waals surface area contributed by atoms with Crippen LogP contribution in [0.2, 0.25) is 5.02 Å². The molecule has 0 saturated carbocycles. The van der Waals surface area contributed by atoms with Gasteiger partial charge in [-0.15, -0.1) is 0 Å². The Hall–Kier alpha value is -1.10. The minimum atomic E-state index is -0.445. The molecule has 19 heavy (non-hydrogen) atoms. The van der Waals surface area contributed by atoms with Crippen LogP contribution in [0.1, 0.15) is 11.1 Å². The molecule has 2 aromatic carbocycles. The van der Waals surface area contributed by atoms with Gasteiger partial charge in [0.2, 0.25) is 0 Å². The van der Waals surface area contributed by atoms with Crippen molar-refractivity contribution in [2.45, 2.75) is 13.2 Å². The van der Waals surface area contributed by atoms with Crippen LogP contribution >= 0.6 is 27.5 Å². The van der Waals surface area contributed by atoms with Crippen LogP contribution < -0.4 is 10.5 Å². The van der Waals surface area contributed by atoms with Crippen LogP contribution in [-0.4, -0.2) is 0 Å². The molecular weight excluding hydrogens is 333 g/mol. The molecule has 100 valence electrons. The van der Waals surface area contributed by atoms with Crippen molar-refractivity contribution in [2.75, 3.05) is 0 Å². The molecule has 0 saturated heterocycles. The minimum Gasteiger partial charge on any atom is -0.488 e. The van der Waals surface area contributed by atoms with Gasteiger partial charge in [-0.1, -0.05) is 29.8 Å². The maximum absolute atomic E-state index is 13.7. The highest BCUT2D eigenvalue weighted by atomic mass is 79.9. The molecular formula is C14H12BrClFNO. The number of benzene rings is 2. The van der Waals surface area contributed by atoms with Crippen molar-refractivity contribution in [1.29, 1.82) is 0 Å². The molecule has 0 bridgehead atoms. The molecule has 0 aliphatic heterocycles. The highest BCUT2D eigenvalue weighted by Crippen LogP contribution is 2.27. The van der Waals surface area contributed by atoms with E-state index in [2.05, 4.69) is 15.9 Å². The molecule has 5 heteroatoms. The van der Waals surface area contributed by atoms with Crippen LogP contribution in [0.3, 0.4) is 0 Å². The number of ether oxygens (including phenoxy) is 1. The lowest BCUT2D eigenvalue weighted by atomic mass is 10.2. The predicted octanol–water partition coefficient (Wildman–Crippen LogP) is 4.28. The van der Waals surface area contributed by atoms with E-state index in [1.54, 1.807) is 18.2 Å². The molecule has 2 N–H and O–H groups in total. The topological polar surface area (TPSA) is 35.2 Å². The summed E-state index contributed by atoms with van der Waals surface area (Å²) in [6.45, 7) is 0.578. The quantitative estimate of drug-likeness (QED) is 0.898. The zero-order chi connectivity index (χ0) is 13.8. The highest BCUT2D eigenvalue weighted by Gasteiger charge is 2.08. The number of hydrogen-bond donors (Lipinski definition) is 1. The number of hydrogen-bond acceptors (Lipinski definition) is 2. The van der Waals surface area contributed by atoms with E-state index in [1.807, 2.05) is 12.1 Å². The van der Waals surface area contributed by atoms with Crippen LogP contribution in [0.15, 0.2) is 40.9 Å². The number of rotatable bonds is 4. The van der Waals surface area contributed by atoms with Gasteiger partial charge in [-0.2, -0.15) is 0 Å². The maximum Gasteiger partial charge on any atom is 0.148 e. The predicted molar refractivity (Wildman–Crippen MR) is 77.8 cm³/mol. The van der Waals surface area contributed by atoms with E-state index in [0.717, 1.165) is 10.0 Å². The lowest BCUT2D eigenvalue weighted by Crippen LogP contribution is -2.01. The second kappa shape index (κ2) is 6.37. The summed E-state index contributed by atoms with van der Waals surface area (Å²) >= 11 is 9.11. The van der Waals surface area contributed by atoms with Gasteiger partial charge in [0.25, 0.3) is 0 Å². The molecule has 2 nitrogen and oxygen atoms in total. The Labute approximate surface area is 124 Å². The third kappa shape index (κ3) is 3.47. The lowest BCUT2D eigenvalue weighted by molar-refractivity contribution is 0.298. The third-order valence-corrected chi connectivity index (χ3v) is 3.56. The summed E-state index contributed by atoms with van der Waals surface area (Å²) in [5, 5.41) is 0.0960. The smallest absolute Gasteiger partial charge is 0.148 e. The fraction of sp³-hybridized carbons (Fsp3) is 0.143. The van der Waals surface area contributed by atoms with E-state index < -0.39 is 5.82 Å². The van der Waals surface area contributed by atoms with E-state index in [4.69, 9.17) is 22.1 Å². The first-order valence-electron chi connectivity index (χ1n) is 5.66. The number of nitrogens with two attached hydrogens (primary N) is 1. The fourth-order valence-corrected chi connectivity index (χ4v) is 2.34. The summed E-state index contributed by atoms with van der Waals surface area (Å²) in [5.41, 5.74) is 6.96. The van der Waals surface area contributed by atoms with Gasteiger partial charge < -0.3 is 10.5 Å². The van der Waals surface area contributed by atoms with Gasteiger partial charge in [0, 0.05) is 12.1 Å². The van der Waals surface area contributed by atoms with E-state index in [-0.39, 0.29) is 11.6 Å². The van der Waals surface area contributed by atoms with Crippen molar-refractivity contribution in [1.82, 2.24) is 0 Å². The lowest BCUT2D eigenvalue weighted by Gasteiger charge is -2.10. The van der Waals surface area contributed by atoms with Gasteiger partial charge in [0.1, 0.15) is 18.2 Å². The van der Waals surface area contributed by atoms with E-state index in [1.165, 1.54) is 6.07 Å². The van der Waals surface area contributed by atoms with Gasteiger partial charge in [0.05, 0.1) is 9.50 Å². The van der Waals surface area contributed by atoms with Crippen molar-refractivity contribution >= 4 is 27.5 Å². The number of halogens is 3. The molecule has 0 aliphatic rings. The fourth-order valence-electron chi connectivity index (χ4n) is 1.60. The Balaban J connectivity index is 2.12. The largest absolute Gasteiger partial charge is 0.488 e. The molecule has 0 aromatic heterocycles. The van der Waals surface area contributed by atoms with E-state index >= 15 is 0 Å². The van der Waals surface area contributed by atoms with Gasteiger partial charge in [-0.25, -0.2) is 4.39 Å². The standard InChI is InChI=1S/C14H12BrClFNO/c15-11-6-9(7-18)4-5-13(11)19-8-10-2-1-3-12(16)14(10)17/h1-6H,7-8,18H2. The molecule has 2 rings (SSSR count). The van der Waals surface area contributed by atoms with Crippen molar-refractivity contribution < 1.29 is 9.13 Å². The molecule has 2 aromatic rings. The summed E-state index contributed by atoms with van der Waals surface area (Å²) in [7, 11) is 0. The van der Waals surface area contributed by atoms with Crippen LogP contribution in [-0.2, 0) is 13.2 Å². The molecule has 0 heterocycles. The van der Waals surface area contributed by atoms with Crippen molar-refractivity contribution in [2.24, 2.45) is 5.73 Å². The van der Waals surface area contributed by atoms with Gasteiger partial charge in [0.15, 0.2) is 0 Å². The maximum atomic E-state index is 13.7. The van der Waals surface area contributed by atoms with Crippen molar-refractivity contribution in [3.8, 4) is 5.75 Å². The first-order valence-corrected chi connectivity index (χ1v) is 6.83. The van der Waals surface area contributed by atoms with E-state index in [0.29, 0.717) is 17.9 Å². The first-order chi connectivity index (χ1) is 9.11. The van der Waals surface area contributed by atoms with Crippen molar-refractivity contribution in [3.63, 3.8) is 0 Å². The Bertz CT molecular complexity index is 592. The SMILES string of the molecule is NCc1ccc(OCc2cccc(Cl)c2F)c(Br)c1. The van der Waals surface area contributed by atoms with Crippen LogP contribution in [0.5, 0.6) is 5.75 Å². The molecule has 0 amide bonds. The van der Waals surface area contributed by atoms with Crippen molar-refractivity contribution in [3.05, 3.63) is 62.8 Å². The molecule has 0 atom stereocenters.